The number of benzene rings is 1. The Morgan fingerprint density at radius 1 is 1.47 bits per heavy atom. The van der Waals surface area contributed by atoms with Crippen molar-refractivity contribution in [1.29, 1.82) is 0 Å². The van der Waals surface area contributed by atoms with Gasteiger partial charge in [-0.05, 0) is 37.6 Å². The largest absolute Gasteiger partial charge is 0.319 e. The summed E-state index contributed by atoms with van der Waals surface area (Å²) in [6, 6.07) is 5.00. The van der Waals surface area contributed by atoms with Gasteiger partial charge in [-0.25, -0.2) is 4.39 Å². The molecular formula is C12H17ClFN. The molecule has 0 radical (unpaired) electrons. The number of rotatable bonds is 5. The third kappa shape index (κ3) is 3.47. The maximum Gasteiger partial charge on any atom is 0.142 e. The molecule has 1 unspecified atom stereocenters. The van der Waals surface area contributed by atoms with Crippen LogP contribution in [0.2, 0.25) is 5.02 Å². The van der Waals surface area contributed by atoms with Crippen molar-refractivity contribution in [1.82, 2.24) is 5.32 Å². The summed E-state index contributed by atoms with van der Waals surface area (Å²) in [6.07, 6.45) is 1.89. The van der Waals surface area contributed by atoms with Gasteiger partial charge in [-0.2, -0.15) is 0 Å². The highest BCUT2D eigenvalue weighted by Gasteiger charge is 2.11. The zero-order chi connectivity index (χ0) is 11.3. The molecule has 0 saturated heterocycles. The van der Waals surface area contributed by atoms with Crippen molar-refractivity contribution in [3.63, 3.8) is 0 Å². The first-order chi connectivity index (χ1) is 7.19. The standard InChI is InChI=1S/C12H17ClFN/c1-3-9(8-15-2)7-10-5-4-6-11(14)12(10)13/h4-6,9,15H,3,7-8H2,1-2H3. The highest BCUT2D eigenvalue weighted by Crippen LogP contribution is 2.23. The minimum Gasteiger partial charge on any atom is -0.319 e. The molecule has 84 valence electrons. The quantitative estimate of drug-likeness (QED) is 0.817. The molecule has 1 N–H and O–H groups in total. The summed E-state index contributed by atoms with van der Waals surface area (Å²) in [7, 11) is 1.93. The number of hydrogen-bond acceptors (Lipinski definition) is 1. The molecule has 0 fully saturated rings. The van der Waals surface area contributed by atoms with E-state index in [2.05, 4.69) is 12.2 Å². The molecular weight excluding hydrogens is 213 g/mol. The van der Waals surface area contributed by atoms with Crippen LogP contribution < -0.4 is 5.32 Å². The van der Waals surface area contributed by atoms with Gasteiger partial charge in [-0.1, -0.05) is 37.1 Å². The molecule has 1 rings (SSSR count). The Hall–Kier alpha value is -0.600. The lowest BCUT2D eigenvalue weighted by Crippen LogP contribution is -2.20. The second-order valence-corrected chi connectivity index (χ2v) is 4.13. The van der Waals surface area contributed by atoms with Crippen LogP contribution in [0.4, 0.5) is 4.39 Å². The summed E-state index contributed by atoms with van der Waals surface area (Å²) in [5.74, 6) is 0.183. The molecule has 0 heterocycles. The summed E-state index contributed by atoms with van der Waals surface area (Å²) in [5.41, 5.74) is 0.902. The van der Waals surface area contributed by atoms with Crippen molar-refractivity contribution < 1.29 is 4.39 Å². The van der Waals surface area contributed by atoms with E-state index in [1.807, 2.05) is 13.1 Å². The van der Waals surface area contributed by atoms with Crippen LogP contribution in [0.5, 0.6) is 0 Å². The SMILES string of the molecule is CCC(CNC)Cc1cccc(F)c1Cl. The van der Waals surface area contributed by atoms with Crippen LogP contribution in [-0.4, -0.2) is 13.6 Å². The van der Waals surface area contributed by atoms with Gasteiger partial charge < -0.3 is 5.32 Å². The van der Waals surface area contributed by atoms with E-state index in [4.69, 9.17) is 11.6 Å². The van der Waals surface area contributed by atoms with Gasteiger partial charge in [0.25, 0.3) is 0 Å². The Kier molecular flexibility index (Phi) is 5.06. The van der Waals surface area contributed by atoms with Crippen molar-refractivity contribution >= 4 is 11.6 Å². The first-order valence-electron chi connectivity index (χ1n) is 5.26. The summed E-state index contributed by atoms with van der Waals surface area (Å²) < 4.78 is 13.2. The van der Waals surface area contributed by atoms with E-state index < -0.39 is 0 Å². The minimum absolute atomic E-state index is 0.270. The van der Waals surface area contributed by atoms with E-state index >= 15 is 0 Å². The molecule has 0 aliphatic carbocycles. The number of nitrogens with one attached hydrogen (secondary N) is 1. The minimum atomic E-state index is -0.325. The normalized spacial score (nSPS) is 12.8. The fourth-order valence-corrected chi connectivity index (χ4v) is 1.87. The molecule has 0 saturated carbocycles. The van der Waals surface area contributed by atoms with Gasteiger partial charge in [0.15, 0.2) is 0 Å². The smallest absolute Gasteiger partial charge is 0.142 e. The van der Waals surface area contributed by atoms with Gasteiger partial charge in [-0.15, -0.1) is 0 Å². The van der Waals surface area contributed by atoms with E-state index in [1.165, 1.54) is 6.07 Å². The molecule has 15 heavy (non-hydrogen) atoms. The van der Waals surface area contributed by atoms with Crippen LogP contribution in [-0.2, 0) is 6.42 Å². The molecule has 0 aliphatic heterocycles. The Labute approximate surface area is 95.6 Å². The van der Waals surface area contributed by atoms with E-state index in [0.29, 0.717) is 5.92 Å². The van der Waals surface area contributed by atoms with E-state index in [1.54, 1.807) is 6.07 Å². The van der Waals surface area contributed by atoms with E-state index in [-0.39, 0.29) is 10.8 Å². The average molecular weight is 230 g/mol. The molecule has 0 aromatic heterocycles. The van der Waals surface area contributed by atoms with Gasteiger partial charge >= 0.3 is 0 Å². The average Bonchev–Trinajstić information content (AvgIpc) is 2.24. The van der Waals surface area contributed by atoms with Gasteiger partial charge in [0.05, 0.1) is 5.02 Å². The third-order valence-electron chi connectivity index (χ3n) is 2.61. The molecule has 1 nitrogen and oxygen atoms in total. The predicted molar refractivity (Wildman–Crippen MR) is 62.8 cm³/mol. The van der Waals surface area contributed by atoms with Crippen LogP contribution >= 0.6 is 11.6 Å². The summed E-state index contributed by atoms with van der Waals surface area (Å²) in [5, 5.41) is 3.41. The highest BCUT2D eigenvalue weighted by atomic mass is 35.5. The lowest BCUT2D eigenvalue weighted by atomic mass is 9.97. The maximum atomic E-state index is 13.2. The van der Waals surface area contributed by atoms with Gasteiger partial charge in [-0.3, -0.25) is 0 Å². The van der Waals surface area contributed by atoms with E-state index in [9.17, 15) is 4.39 Å². The van der Waals surface area contributed by atoms with Crippen LogP contribution in [0.3, 0.4) is 0 Å². The topological polar surface area (TPSA) is 12.0 Å². The van der Waals surface area contributed by atoms with Crippen molar-refractivity contribution in [3.8, 4) is 0 Å². The first kappa shape index (κ1) is 12.5. The van der Waals surface area contributed by atoms with Crippen LogP contribution in [0.1, 0.15) is 18.9 Å². The van der Waals surface area contributed by atoms with Crippen LogP contribution in [0, 0.1) is 11.7 Å². The highest BCUT2D eigenvalue weighted by molar-refractivity contribution is 6.31. The predicted octanol–water partition coefficient (Wildman–Crippen LogP) is 3.27. The lowest BCUT2D eigenvalue weighted by Gasteiger charge is -2.15. The zero-order valence-corrected chi connectivity index (χ0v) is 9.94. The van der Waals surface area contributed by atoms with Crippen molar-refractivity contribution in [2.75, 3.05) is 13.6 Å². The number of halogens is 2. The summed E-state index contributed by atoms with van der Waals surface area (Å²) in [4.78, 5) is 0. The Morgan fingerprint density at radius 3 is 2.80 bits per heavy atom. The molecule has 1 atom stereocenters. The number of hydrogen-bond donors (Lipinski definition) is 1. The summed E-state index contributed by atoms with van der Waals surface area (Å²) >= 11 is 5.90. The second kappa shape index (κ2) is 6.09. The molecule has 1 aromatic carbocycles. The third-order valence-corrected chi connectivity index (χ3v) is 3.03. The van der Waals surface area contributed by atoms with Gasteiger partial charge in [0.2, 0.25) is 0 Å². The fraction of sp³-hybridized carbons (Fsp3) is 0.500. The van der Waals surface area contributed by atoms with Crippen molar-refractivity contribution in [2.24, 2.45) is 5.92 Å². The van der Waals surface area contributed by atoms with Gasteiger partial charge in [0.1, 0.15) is 5.82 Å². The zero-order valence-electron chi connectivity index (χ0n) is 9.19. The van der Waals surface area contributed by atoms with Crippen LogP contribution in [0.25, 0.3) is 0 Å². The second-order valence-electron chi connectivity index (χ2n) is 3.75. The Morgan fingerprint density at radius 2 is 2.20 bits per heavy atom. The summed E-state index contributed by atoms with van der Waals surface area (Å²) in [6.45, 7) is 3.07. The molecule has 1 aromatic rings. The molecule has 0 aliphatic rings. The first-order valence-corrected chi connectivity index (χ1v) is 5.64. The monoisotopic (exact) mass is 229 g/mol. The molecule has 3 heteroatoms. The fourth-order valence-electron chi connectivity index (χ4n) is 1.67. The van der Waals surface area contributed by atoms with Crippen molar-refractivity contribution in [3.05, 3.63) is 34.6 Å². The molecule has 0 spiro atoms. The van der Waals surface area contributed by atoms with Crippen molar-refractivity contribution in [2.45, 2.75) is 19.8 Å². The molecule has 0 bridgehead atoms. The maximum absolute atomic E-state index is 13.2. The van der Waals surface area contributed by atoms with Crippen LogP contribution in [0.15, 0.2) is 18.2 Å². The van der Waals surface area contributed by atoms with E-state index in [0.717, 1.165) is 24.9 Å². The Bertz CT molecular complexity index is 314. The Balaban J connectivity index is 2.74. The molecule has 0 amide bonds. The lowest BCUT2D eigenvalue weighted by molar-refractivity contribution is 0.480. The van der Waals surface area contributed by atoms with Gasteiger partial charge in [0, 0.05) is 0 Å².